The van der Waals surface area contributed by atoms with Gasteiger partial charge in [0.1, 0.15) is 23.0 Å². The summed E-state index contributed by atoms with van der Waals surface area (Å²) in [6.45, 7) is 4.15. The maximum absolute atomic E-state index is 11.8. The molecule has 0 aliphatic carbocycles. The van der Waals surface area contributed by atoms with Gasteiger partial charge in [0.15, 0.2) is 6.61 Å². The number of ether oxygens (including phenoxy) is 2. The number of methoxy groups -OCH3 is 1. The fourth-order valence-corrected chi connectivity index (χ4v) is 1.94. The second-order valence-corrected chi connectivity index (χ2v) is 4.68. The summed E-state index contributed by atoms with van der Waals surface area (Å²) in [5.41, 5.74) is 0.974. The van der Waals surface area contributed by atoms with E-state index >= 15 is 0 Å². The monoisotopic (exact) mass is 289 g/mol. The van der Waals surface area contributed by atoms with E-state index < -0.39 is 0 Å². The van der Waals surface area contributed by atoms with Crippen LogP contribution >= 0.6 is 0 Å². The number of carbonyl (C=O) groups is 1. The highest BCUT2D eigenvalue weighted by atomic mass is 16.5. The maximum Gasteiger partial charge on any atom is 0.258 e. The molecule has 1 amide bonds. The molecule has 5 nitrogen and oxygen atoms in total. The lowest BCUT2D eigenvalue weighted by molar-refractivity contribution is -0.123. The molecule has 0 fully saturated rings. The van der Waals surface area contributed by atoms with Crippen LogP contribution in [0.5, 0.6) is 11.5 Å². The first-order valence-electron chi connectivity index (χ1n) is 6.68. The van der Waals surface area contributed by atoms with Crippen LogP contribution in [-0.4, -0.2) is 19.6 Å². The molecular formula is C16H19NO4. The zero-order valence-electron chi connectivity index (χ0n) is 12.4. The molecule has 0 aliphatic heterocycles. The standard InChI is InChI=1S/C16H19NO4/c1-11-7-13(12(2)21-11)9-17-16(18)10-20-15-6-4-5-14(8-15)19-3/h4-8H,9-10H2,1-3H3,(H,17,18). The van der Waals surface area contributed by atoms with Crippen LogP contribution in [0.25, 0.3) is 0 Å². The molecule has 0 spiro atoms. The molecule has 0 aliphatic rings. The van der Waals surface area contributed by atoms with Gasteiger partial charge in [0, 0.05) is 18.2 Å². The molecule has 0 atom stereocenters. The second-order valence-electron chi connectivity index (χ2n) is 4.68. The predicted octanol–water partition coefficient (Wildman–Crippen LogP) is 2.60. The first kappa shape index (κ1) is 15.0. The van der Waals surface area contributed by atoms with Crippen molar-refractivity contribution < 1.29 is 18.7 Å². The summed E-state index contributed by atoms with van der Waals surface area (Å²) < 4.78 is 15.9. The Kier molecular flexibility index (Phi) is 4.87. The lowest BCUT2D eigenvalue weighted by Crippen LogP contribution is -2.28. The number of rotatable bonds is 6. The minimum absolute atomic E-state index is 0.0386. The normalized spacial score (nSPS) is 10.2. The molecule has 1 aromatic heterocycles. The number of hydrogen-bond acceptors (Lipinski definition) is 4. The third-order valence-electron chi connectivity index (χ3n) is 3.03. The van der Waals surface area contributed by atoms with Gasteiger partial charge in [0.25, 0.3) is 5.91 Å². The Hall–Kier alpha value is -2.43. The van der Waals surface area contributed by atoms with Crippen LogP contribution in [0.15, 0.2) is 34.7 Å². The van der Waals surface area contributed by atoms with Gasteiger partial charge in [-0.05, 0) is 32.0 Å². The summed E-state index contributed by atoms with van der Waals surface area (Å²) in [6, 6.07) is 9.05. The van der Waals surface area contributed by atoms with Gasteiger partial charge in [-0.15, -0.1) is 0 Å². The molecule has 5 heteroatoms. The molecule has 0 radical (unpaired) electrons. The molecule has 0 bridgehead atoms. The number of amides is 1. The molecule has 1 heterocycles. The quantitative estimate of drug-likeness (QED) is 0.888. The van der Waals surface area contributed by atoms with E-state index in [-0.39, 0.29) is 12.5 Å². The number of carbonyl (C=O) groups excluding carboxylic acids is 1. The maximum atomic E-state index is 11.8. The third kappa shape index (κ3) is 4.27. The number of aryl methyl sites for hydroxylation is 2. The molecule has 0 saturated heterocycles. The Labute approximate surface area is 123 Å². The zero-order valence-corrected chi connectivity index (χ0v) is 12.4. The predicted molar refractivity (Wildman–Crippen MR) is 78.5 cm³/mol. The van der Waals surface area contributed by atoms with Crippen LogP contribution in [0.1, 0.15) is 17.1 Å². The van der Waals surface area contributed by atoms with Gasteiger partial charge in [-0.25, -0.2) is 0 Å². The van der Waals surface area contributed by atoms with Crippen LogP contribution in [0.4, 0.5) is 0 Å². The topological polar surface area (TPSA) is 60.7 Å². The number of hydrogen-bond donors (Lipinski definition) is 1. The van der Waals surface area contributed by atoms with Crippen LogP contribution < -0.4 is 14.8 Å². The Morgan fingerprint density at radius 1 is 1.24 bits per heavy atom. The summed E-state index contributed by atoms with van der Waals surface area (Å²) in [6.07, 6.45) is 0. The van der Waals surface area contributed by atoms with Gasteiger partial charge in [-0.2, -0.15) is 0 Å². The van der Waals surface area contributed by atoms with Crippen LogP contribution in [0.2, 0.25) is 0 Å². The highest BCUT2D eigenvalue weighted by molar-refractivity contribution is 5.77. The Morgan fingerprint density at radius 3 is 2.67 bits per heavy atom. The van der Waals surface area contributed by atoms with Crippen molar-refractivity contribution in [2.45, 2.75) is 20.4 Å². The highest BCUT2D eigenvalue weighted by Crippen LogP contribution is 2.18. The van der Waals surface area contributed by atoms with Gasteiger partial charge >= 0.3 is 0 Å². The molecule has 2 rings (SSSR count). The van der Waals surface area contributed by atoms with Gasteiger partial charge < -0.3 is 19.2 Å². The summed E-state index contributed by atoms with van der Waals surface area (Å²) in [7, 11) is 1.58. The van der Waals surface area contributed by atoms with Crippen LogP contribution in [-0.2, 0) is 11.3 Å². The lowest BCUT2D eigenvalue weighted by atomic mass is 10.2. The fourth-order valence-electron chi connectivity index (χ4n) is 1.94. The van der Waals surface area contributed by atoms with E-state index in [2.05, 4.69) is 5.32 Å². The molecule has 0 unspecified atom stereocenters. The highest BCUT2D eigenvalue weighted by Gasteiger charge is 2.07. The van der Waals surface area contributed by atoms with Crippen molar-refractivity contribution in [3.05, 3.63) is 47.4 Å². The summed E-state index contributed by atoms with van der Waals surface area (Å²) in [5.74, 6) is 2.76. The van der Waals surface area contributed by atoms with E-state index in [1.54, 1.807) is 19.2 Å². The SMILES string of the molecule is COc1cccc(OCC(=O)NCc2cc(C)oc2C)c1. The van der Waals surface area contributed by atoms with Crippen molar-refractivity contribution in [3.8, 4) is 11.5 Å². The molecule has 21 heavy (non-hydrogen) atoms. The van der Waals surface area contributed by atoms with E-state index in [1.165, 1.54) is 0 Å². The largest absolute Gasteiger partial charge is 0.497 e. The minimum Gasteiger partial charge on any atom is -0.497 e. The molecule has 112 valence electrons. The number of benzene rings is 1. The average Bonchev–Trinajstić information content (AvgIpc) is 2.81. The molecule has 1 N–H and O–H groups in total. The Morgan fingerprint density at radius 2 is 2.00 bits per heavy atom. The van der Waals surface area contributed by atoms with Crippen molar-refractivity contribution in [3.63, 3.8) is 0 Å². The van der Waals surface area contributed by atoms with Gasteiger partial charge in [-0.3, -0.25) is 4.79 Å². The van der Waals surface area contributed by atoms with Crippen LogP contribution in [0.3, 0.4) is 0 Å². The number of furan rings is 1. The summed E-state index contributed by atoms with van der Waals surface area (Å²) in [5, 5.41) is 2.80. The molecular weight excluding hydrogens is 270 g/mol. The van der Waals surface area contributed by atoms with E-state index in [9.17, 15) is 4.79 Å². The van der Waals surface area contributed by atoms with E-state index in [0.29, 0.717) is 18.0 Å². The van der Waals surface area contributed by atoms with Crippen molar-refractivity contribution >= 4 is 5.91 Å². The van der Waals surface area contributed by atoms with Crippen molar-refractivity contribution in [1.82, 2.24) is 5.32 Å². The summed E-state index contributed by atoms with van der Waals surface area (Å²) >= 11 is 0. The number of nitrogens with one attached hydrogen (secondary N) is 1. The van der Waals surface area contributed by atoms with Crippen molar-refractivity contribution in [2.75, 3.05) is 13.7 Å². The van der Waals surface area contributed by atoms with Gasteiger partial charge in [0.05, 0.1) is 7.11 Å². The molecule has 2 aromatic rings. The zero-order chi connectivity index (χ0) is 15.2. The van der Waals surface area contributed by atoms with Crippen molar-refractivity contribution in [1.29, 1.82) is 0 Å². The van der Waals surface area contributed by atoms with Crippen LogP contribution in [0, 0.1) is 13.8 Å². The fraction of sp³-hybridized carbons (Fsp3) is 0.312. The third-order valence-corrected chi connectivity index (χ3v) is 3.03. The van der Waals surface area contributed by atoms with E-state index in [0.717, 1.165) is 17.1 Å². The second kappa shape index (κ2) is 6.83. The van der Waals surface area contributed by atoms with E-state index in [1.807, 2.05) is 32.0 Å². The smallest absolute Gasteiger partial charge is 0.258 e. The first-order valence-corrected chi connectivity index (χ1v) is 6.68. The minimum atomic E-state index is -0.184. The Balaban J connectivity index is 1.80. The van der Waals surface area contributed by atoms with Gasteiger partial charge in [0.2, 0.25) is 0 Å². The lowest BCUT2D eigenvalue weighted by Gasteiger charge is -2.08. The van der Waals surface area contributed by atoms with E-state index in [4.69, 9.17) is 13.9 Å². The first-order chi connectivity index (χ1) is 10.1. The van der Waals surface area contributed by atoms with Crippen molar-refractivity contribution in [2.24, 2.45) is 0 Å². The van der Waals surface area contributed by atoms with Gasteiger partial charge in [-0.1, -0.05) is 6.07 Å². The molecule has 1 aromatic carbocycles. The summed E-state index contributed by atoms with van der Waals surface area (Å²) in [4.78, 5) is 11.8. The molecule has 0 saturated carbocycles. The Bertz CT molecular complexity index is 618. The average molecular weight is 289 g/mol.